The maximum absolute atomic E-state index is 12.3. The van der Waals surface area contributed by atoms with Crippen molar-refractivity contribution < 1.29 is 4.79 Å². The predicted octanol–water partition coefficient (Wildman–Crippen LogP) is 6.46. The van der Waals surface area contributed by atoms with Crippen molar-refractivity contribution in [2.24, 2.45) is 0 Å². The van der Waals surface area contributed by atoms with E-state index in [-0.39, 0.29) is 5.91 Å². The standard InChI is InChI=1S/C23H22ClNOS2/c1-17-2-10-21(11-3-17)27-15-14-25-23(26)19-6-4-18(5-7-19)16-28-22-12-8-20(24)9-13-22/h2-13H,14-16H2,1H3,(H,25,26). The van der Waals surface area contributed by atoms with E-state index in [1.165, 1.54) is 20.9 Å². The Labute approximate surface area is 180 Å². The van der Waals surface area contributed by atoms with Crippen LogP contribution in [-0.2, 0) is 5.75 Å². The van der Waals surface area contributed by atoms with Gasteiger partial charge < -0.3 is 5.32 Å². The predicted molar refractivity (Wildman–Crippen MR) is 122 cm³/mol. The number of hydrogen-bond donors (Lipinski definition) is 1. The molecule has 0 saturated heterocycles. The molecule has 0 unspecified atom stereocenters. The molecule has 0 atom stereocenters. The number of thioether (sulfide) groups is 2. The molecule has 3 rings (SSSR count). The lowest BCUT2D eigenvalue weighted by molar-refractivity contribution is 0.0956. The van der Waals surface area contributed by atoms with Crippen LogP contribution in [0, 0.1) is 6.92 Å². The van der Waals surface area contributed by atoms with Crippen LogP contribution >= 0.6 is 35.1 Å². The number of aryl methyl sites for hydroxylation is 1. The Kier molecular flexibility index (Phi) is 7.90. The molecule has 0 spiro atoms. The van der Waals surface area contributed by atoms with Gasteiger partial charge in [0.2, 0.25) is 0 Å². The van der Waals surface area contributed by atoms with E-state index in [2.05, 4.69) is 36.5 Å². The highest BCUT2D eigenvalue weighted by molar-refractivity contribution is 7.99. The molecule has 0 saturated carbocycles. The Morgan fingerprint density at radius 2 is 1.46 bits per heavy atom. The summed E-state index contributed by atoms with van der Waals surface area (Å²) in [6.45, 7) is 2.72. The zero-order chi connectivity index (χ0) is 19.8. The van der Waals surface area contributed by atoms with Gasteiger partial charge in [0.05, 0.1) is 0 Å². The lowest BCUT2D eigenvalue weighted by Gasteiger charge is -2.07. The number of rotatable bonds is 8. The second kappa shape index (κ2) is 10.6. The number of carbonyl (C=O) groups is 1. The van der Waals surface area contributed by atoms with Crippen molar-refractivity contribution in [3.05, 3.63) is 94.5 Å². The van der Waals surface area contributed by atoms with Crippen molar-refractivity contribution >= 4 is 41.0 Å². The Balaban J connectivity index is 1.41. The number of halogens is 1. The molecule has 5 heteroatoms. The third-order valence-corrected chi connectivity index (χ3v) is 6.46. The van der Waals surface area contributed by atoms with E-state index in [1.807, 2.05) is 48.5 Å². The van der Waals surface area contributed by atoms with Crippen LogP contribution in [0.5, 0.6) is 0 Å². The average Bonchev–Trinajstić information content (AvgIpc) is 2.72. The molecule has 0 fully saturated rings. The first-order chi connectivity index (χ1) is 13.6. The summed E-state index contributed by atoms with van der Waals surface area (Å²) in [7, 11) is 0. The Bertz CT molecular complexity index is 893. The fraction of sp³-hybridized carbons (Fsp3) is 0.174. The van der Waals surface area contributed by atoms with Gasteiger partial charge in [-0.25, -0.2) is 0 Å². The second-order valence-electron chi connectivity index (χ2n) is 6.36. The largest absolute Gasteiger partial charge is 0.351 e. The van der Waals surface area contributed by atoms with Crippen LogP contribution in [0.2, 0.25) is 5.02 Å². The van der Waals surface area contributed by atoms with Gasteiger partial charge in [-0.2, -0.15) is 0 Å². The van der Waals surface area contributed by atoms with Crippen LogP contribution in [0.15, 0.2) is 82.6 Å². The Morgan fingerprint density at radius 3 is 2.14 bits per heavy atom. The topological polar surface area (TPSA) is 29.1 Å². The van der Waals surface area contributed by atoms with Crippen LogP contribution in [-0.4, -0.2) is 18.2 Å². The van der Waals surface area contributed by atoms with Gasteiger partial charge in [0.1, 0.15) is 0 Å². The van der Waals surface area contributed by atoms with Crippen LogP contribution in [0.1, 0.15) is 21.5 Å². The number of amides is 1. The average molecular weight is 428 g/mol. The SMILES string of the molecule is Cc1ccc(SCCNC(=O)c2ccc(CSc3ccc(Cl)cc3)cc2)cc1. The Morgan fingerprint density at radius 1 is 0.857 bits per heavy atom. The number of benzene rings is 3. The first-order valence-corrected chi connectivity index (χ1v) is 11.4. The van der Waals surface area contributed by atoms with Gasteiger partial charge in [0.15, 0.2) is 0 Å². The molecule has 1 amide bonds. The molecule has 3 aromatic carbocycles. The first kappa shape index (κ1) is 20.8. The van der Waals surface area contributed by atoms with E-state index >= 15 is 0 Å². The van der Waals surface area contributed by atoms with Gasteiger partial charge in [0, 0.05) is 38.4 Å². The zero-order valence-corrected chi connectivity index (χ0v) is 18.0. The van der Waals surface area contributed by atoms with Crippen LogP contribution < -0.4 is 5.32 Å². The van der Waals surface area contributed by atoms with E-state index in [1.54, 1.807) is 23.5 Å². The molecule has 3 aromatic rings. The van der Waals surface area contributed by atoms with Crippen LogP contribution in [0.25, 0.3) is 0 Å². The van der Waals surface area contributed by atoms with Gasteiger partial charge in [-0.3, -0.25) is 4.79 Å². The minimum Gasteiger partial charge on any atom is -0.351 e. The van der Waals surface area contributed by atoms with Gasteiger partial charge in [-0.1, -0.05) is 41.4 Å². The molecule has 144 valence electrons. The Hall–Kier alpha value is -1.88. The van der Waals surface area contributed by atoms with E-state index in [9.17, 15) is 4.79 Å². The second-order valence-corrected chi connectivity index (χ2v) is 9.01. The highest BCUT2D eigenvalue weighted by Crippen LogP contribution is 2.24. The van der Waals surface area contributed by atoms with E-state index in [0.29, 0.717) is 12.1 Å². The minimum absolute atomic E-state index is 0.0265. The summed E-state index contributed by atoms with van der Waals surface area (Å²) >= 11 is 9.41. The van der Waals surface area contributed by atoms with E-state index in [0.717, 1.165) is 16.5 Å². The summed E-state index contributed by atoms with van der Waals surface area (Å²) in [6, 6.07) is 24.1. The van der Waals surface area contributed by atoms with Crippen molar-refractivity contribution in [3.63, 3.8) is 0 Å². The molecule has 28 heavy (non-hydrogen) atoms. The molecule has 0 bridgehead atoms. The number of hydrogen-bond acceptors (Lipinski definition) is 3. The fourth-order valence-electron chi connectivity index (χ4n) is 2.52. The molecule has 2 nitrogen and oxygen atoms in total. The maximum atomic E-state index is 12.3. The van der Waals surface area contributed by atoms with Crippen molar-refractivity contribution in [1.82, 2.24) is 5.32 Å². The summed E-state index contributed by atoms with van der Waals surface area (Å²) in [5, 5.41) is 3.73. The lowest BCUT2D eigenvalue weighted by Crippen LogP contribution is -2.25. The quantitative estimate of drug-likeness (QED) is 0.330. The van der Waals surface area contributed by atoms with Crippen LogP contribution in [0.3, 0.4) is 0 Å². The van der Waals surface area contributed by atoms with E-state index in [4.69, 9.17) is 11.6 Å². The minimum atomic E-state index is -0.0265. The number of carbonyl (C=O) groups excluding carboxylic acids is 1. The normalized spacial score (nSPS) is 10.6. The van der Waals surface area contributed by atoms with Crippen LogP contribution in [0.4, 0.5) is 0 Å². The summed E-state index contributed by atoms with van der Waals surface area (Å²) in [5.41, 5.74) is 3.14. The zero-order valence-electron chi connectivity index (χ0n) is 15.7. The summed E-state index contributed by atoms with van der Waals surface area (Å²) in [6.07, 6.45) is 0. The first-order valence-electron chi connectivity index (χ1n) is 9.05. The van der Waals surface area contributed by atoms with Crippen molar-refractivity contribution in [1.29, 1.82) is 0 Å². The molecule has 0 aliphatic rings. The molecular weight excluding hydrogens is 406 g/mol. The van der Waals surface area contributed by atoms with Gasteiger partial charge >= 0.3 is 0 Å². The number of nitrogens with one attached hydrogen (secondary N) is 1. The summed E-state index contributed by atoms with van der Waals surface area (Å²) < 4.78 is 0. The molecule has 0 radical (unpaired) electrons. The van der Waals surface area contributed by atoms with Crippen molar-refractivity contribution in [2.45, 2.75) is 22.5 Å². The highest BCUT2D eigenvalue weighted by atomic mass is 35.5. The fourth-order valence-corrected chi connectivity index (χ4v) is 4.27. The molecule has 0 aromatic heterocycles. The van der Waals surface area contributed by atoms with Gasteiger partial charge in [0.25, 0.3) is 5.91 Å². The molecule has 0 aliphatic carbocycles. The lowest BCUT2D eigenvalue weighted by atomic mass is 10.1. The van der Waals surface area contributed by atoms with E-state index < -0.39 is 0 Å². The monoisotopic (exact) mass is 427 g/mol. The molecule has 0 aliphatic heterocycles. The third kappa shape index (κ3) is 6.62. The summed E-state index contributed by atoms with van der Waals surface area (Å²) in [4.78, 5) is 14.7. The van der Waals surface area contributed by atoms with Crippen molar-refractivity contribution in [3.8, 4) is 0 Å². The summed E-state index contributed by atoms with van der Waals surface area (Å²) in [5.74, 6) is 1.68. The van der Waals surface area contributed by atoms with Gasteiger partial charge in [-0.15, -0.1) is 23.5 Å². The van der Waals surface area contributed by atoms with Crippen molar-refractivity contribution in [2.75, 3.05) is 12.3 Å². The molecule has 1 N–H and O–H groups in total. The molecular formula is C23H22ClNOS2. The molecule has 0 heterocycles. The van der Waals surface area contributed by atoms with Gasteiger partial charge in [-0.05, 0) is 61.0 Å². The smallest absolute Gasteiger partial charge is 0.251 e. The maximum Gasteiger partial charge on any atom is 0.251 e. The third-order valence-electron chi connectivity index (χ3n) is 4.11. The highest BCUT2D eigenvalue weighted by Gasteiger charge is 2.05.